The lowest BCUT2D eigenvalue weighted by Gasteiger charge is -2.11. The zero-order valence-corrected chi connectivity index (χ0v) is 14.1. The SMILES string of the molecule is O=C(NCCc1cccs1)C1(c2cc(-c3cccs3)on2)CC1. The van der Waals surface area contributed by atoms with E-state index in [4.69, 9.17) is 4.52 Å². The van der Waals surface area contributed by atoms with Crippen LogP contribution in [-0.2, 0) is 16.6 Å². The third-order valence-electron chi connectivity index (χ3n) is 4.19. The molecule has 0 aromatic carbocycles. The van der Waals surface area contributed by atoms with Gasteiger partial charge < -0.3 is 9.84 Å². The molecule has 3 aromatic rings. The van der Waals surface area contributed by atoms with Crippen molar-refractivity contribution >= 4 is 28.6 Å². The maximum absolute atomic E-state index is 12.6. The maximum atomic E-state index is 12.6. The van der Waals surface area contributed by atoms with E-state index >= 15 is 0 Å². The molecule has 1 aliphatic rings. The Labute approximate surface area is 142 Å². The monoisotopic (exact) mass is 344 g/mol. The van der Waals surface area contributed by atoms with Crippen LogP contribution in [0, 0.1) is 0 Å². The maximum Gasteiger partial charge on any atom is 0.232 e. The number of carbonyl (C=O) groups is 1. The van der Waals surface area contributed by atoms with Gasteiger partial charge in [0.1, 0.15) is 0 Å². The number of nitrogens with zero attached hydrogens (tertiary/aromatic N) is 1. The van der Waals surface area contributed by atoms with E-state index in [0.717, 1.165) is 35.6 Å². The van der Waals surface area contributed by atoms with Crippen LogP contribution in [0.1, 0.15) is 23.4 Å². The van der Waals surface area contributed by atoms with Gasteiger partial charge in [-0.2, -0.15) is 0 Å². The van der Waals surface area contributed by atoms with Crippen molar-refractivity contribution in [2.75, 3.05) is 6.54 Å². The summed E-state index contributed by atoms with van der Waals surface area (Å²) in [6.07, 6.45) is 2.56. The summed E-state index contributed by atoms with van der Waals surface area (Å²) in [5.74, 6) is 0.813. The lowest BCUT2D eigenvalue weighted by Crippen LogP contribution is -2.36. The van der Waals surface area contributed by atoms with Crippen LogP contribution in [0.4, 0.5) is 0 Å². The molecular formula is C17H16N2O2S2. The average molecular weight is 344 g/mol. The van der Waals surface area contributed by atoms with Gasteiger partial charge >= 0.3 is 0 Å². The Morgan fingerprint density at radius 3 is 2.78 bits per heavy atom. The lowest BCUT2D eigenvalue weighted by molar-refractivity contribution is -0.123. The molecule has 1 amide bonds. The van der Waals surface area contributed by atoms with Crippen molar-refractivity contribution in [2.45, 2.75) is 24.7 Å². The van der Waals surface area contributed by atoms with Crippen LogP contribution in [0.3, 0.4) is 0 Å². The van der Waals surface area contributed by atoms with E-state index in [-0.39, 0.29) is 5.91 Å². The molecule has 0 bridgehead atoms. The summed E-state index contributed by atoms with van der Waals surface area (Å²) in [6, 6.07) is 10.0. The smallest absolute Gasteiger partial charge is 0.232 e. The number of thiophene rings is 2. The van der Waals surface area contributed by atoms with Gasteiger partial charge in [-0.1, -0.05) is 17.3 Å². The normalized spacial score (nSPS) is 15.5. The number of carbonyl (C=O) groups excluding carboxylic acids is 1. The Balaban J connectivity index is 1.42. The molecule has 0 spiro atoms. The van der Waals surface area contributed by atoms with E-state index in [1.165, 1.54) is 4.88 Å². The van der Waals surface area contributed by atoms with Crippen molar-refractivity contribution in [3.05, 3.63) is 51.7 Å². The van der Waals surface area contributed by atoms with Gasteiger partial charge in [0, 0.05) is 17.5 Å². The minimum absolute atomic E-state index is 0.0695. The van der Waals surface area contributed by atoms with Crippen LogP contribution in [0.25, 0.3) is 10.6 Å². The third-order valence-corrected chi connectivity index (χ3v) is 6.01. The van der Waals surface area contributed by atoms with Crippen LogP contribution in [-0.4, -0.2) is 17.6 Å². The minimum atomic E-state index is -0.478. The summed E-state index contributed by atoms with van der Waals surface area (Å²) >= 11 is 3.33. The van der Waals surface area contributed by atoms with Crippen molar-refractivity contribution < 1.29 is 9.32 Å². The largest absolute Gasteiger partial charge is 0.355 e. The van der Waals surface area contributed by atoms with E-state index in [2.05, 4.69) is 21.9 Å². The summed E-state index contributed by atoms with van der Waals surface area (Å²) in [7, 11) is 0. The Hall–Kier alpha value is -1.92. The lowest BCUT2D eigenvalue weighted by atomic mass is 10.0. The highest BCUT2D eigenvalue weighted by atomic mass is 32.1. The summed E-state index contributed by atoms with van der Waals surface area (Å²) in [5.41, 5.74) is 0.281. The second-order valence-electron chi connectivity index (χ2n) is 5.72. The first-order valence-electron chi connectivity index (χ1n) is 7.60. The van der Waals surface area contributed by atoms with Gasteiger partial charge in [-0.25, -0.2) is 0 Å². The fraction of sp³-hybridized carbons (Fsp3) is 0.294. The van der Waals surface area contributed by atoms with Gasteiger partial charge in [0.25, 0.3) is 0 Å². The van der Waals surface area contributed by atoms with Crippen LogP contribution in [0.2, 0.25) is 0 Å². The second kappa shape index (κ2) is 5.94. The Morgan fingerprint density at radius 1 is 1.26 bits per heavy atom. The van der Waals surface area contributed by atoms with Gasteiger partial charge in [0.2, 0.25) is 5.91 Å². The van der Waals surface area contributed by atoms with Gasteiger partial charge in [0.15, 0.2) is 5.76 Å². The van der Waals surface area contributed by atoms with Gasteiger partial charge in [-0.3, -0.25) is 4.79 Å². The molecule has 3 aromatic heterocycles. The molecule has 1 fully saturated rings. The molecule has 4 rings (SSSR count). The molecule has 0 aliphatic heterocycles. The molecule has 4 nitrogen and oxygen atoms in total. The number of aromatic nitrogens is 1. The molecule has 23 heavy (non-hydrogen) atoms. The topological polar surface area (TPSA) is 55.1 Å². The molecule has 0 radical (unpaired) electrons. The number of rotatable bonds is 6. The number of hydrogen-bond acceptors (Lipinski definition) is 5. The van der Waals surface area contributed by atoms with Crippen molar-refractivity contribution in [3.63, 3.8) is 0 Å². The van der Waals surface area contributed by atoms with Gasteiger partial charge in [0.05, 0.1) is 16.0 Å². The molecule has 3 heterocycles. The number of hydrogen-bond donors (Lipinski definition) is 1. The number of amides is 1. The van der Waals surface area contributed by atoms with E-state index < -0.39 is 5.41 Å². The highest BCUT2D eigenvalue weighted by Crippen LogP contribution is 2.48. The molecular weight excluding hydrogens is 328 g/mol. The van der Waals surface area contributed by atoms with Gasteiger partial charge in [-0.15, -0.1) is 22.7 Å². The van der Waals surface area contributed by atoms with Crippen LogP contribution in [0.5, 0.6) is 0 Å². The van der Waals surface area contributed by atoms with Crippen LogP contribution < -0.4 is 5.32 Å². The Bertz CT molecular complexity index is 787. The zero-order valence-electron chi connectivity index (χ0n) is 12.5. The molecule has 6 heteroatoms. The van der Waals surface area contributed by atoms with Crippen LogP contribution >= 0.6 is 22.7 Å². The average Bonchev–Trinajstić information content (AvgIpc) is 3.04. The third kappa shape index (κ3) is 2.84. The molecule has 1 saturated carbocycles. The molecule has 0 unspecified atom stereocenters. The summed E-state index contributed by atoms with van der Waals surface area (Å²) in [4.78, 5) is 14.9. The molecule has 1 aliphatic carbocycles. The minimum Gasteiger partial charge on any atom is -0.355 e. The Morgan fingerprint density at radius 2 is 2.09 bits per heavy atom. The molecule has 0 saturated heterocycles. The van der Waals surface area contributed by atoms with E-state index in [1.807, 2.05) is 29.6 Å². The first-order valence-corrected chi connectivity index (χ1v) is 9.36. The highest BCUT2D eigenvalue weighted by Gasteiger charge is 2.53. The van der Waals surface area contributed by atoms with Gasteiger partial charge in [-0.05, 0) is 42.2 Å². The summed E-state index contributed by atoms with van der Waals surface area (Å²) in [5, 5.41) is 11.3. The zero-order chi connectivity index (χ0) is 15.7. The fourth-order valence-electron chi connectivity index (χ4n) is 2.68. The quantitative estimate of drug-likeness (QED) is 0.739. The number of nitrogens with one attached hydrogen (secondary N) is 1. The van der Waals surface area contributed by atoms with Crippen molar-refractivity contribution in [1.82, 2.24) is 10.5 Å². The van der Waals surface area contributed by atoms with E-state index in [1.54, 1.807) is 22.7 Å². The summed E-state index contributed by atoms with van der Waals surface area (Å²) < 4.78 is 5.43. The standard InChI is InChI=1S/C17H16N2O2S2/c20-16(18-8-5-12-3-1-9-22-12)17(6-7-17)15-11-13(21-19-15)14-4-2-10-23-14/h1-4,9-11H,5-8H2,(H,18,20). The molecule has 118 valence electrons. The summed E-state index contributed by atoms with van der Waals surface area (Å²) in [6.45, 7) is 0.663. The molecule has 1 N–H and O–H groups in total. The first-order chi connectivity index (χ1) is 11.3. The second-order valence-corrected chi connectivity index (χ2v) is 7.70. The first kappa shape index (κ1) is 14.7. The fourth-order valence-corrected chi connectivity index (χ4v) is 4.07. The predicted molar refractivity (Wildman–Crippen MR) is 91.8 cm³/mol. The Kier molecular flexibility index (Phi) is 3.79. The highest BCUT2D eigenvalue weighted by molar-refractivity contribution is 7.13. The van der Waals surface area contributed by atoms with E-state index in [9.17, 15) is 4.79 Å². The van der Waals surface area contributed by atoms with Crippen LogP contribution in [0.15, 0.2) is 45.6 Å². The van der Waals surface area contributed by atoms with E-state index in [0.29, 0.717) is 6.54 Å². The van der Waals surface area contributed by atoms with Crippen molar-refractivity contribution in [1.29, 1.82) is 0 Å². The van der Waals surface area contributed by atoms with Crippen molar-refractivity contribution in [3.8, 4) is 10.6 Å². The molecule has 0 atom stereocenters. The van der Waals surface area contributed by atoms with Crippen molar-refractivity contribution in [2.24, 2.45) is 0 Å². The predicted octanol–water partition coefficient (Wildman–Crippen LogP) is 3.86.